The van der Waals surface area contributed by atoms with Crippen molar-refractivity contribution in [3.8, 4) is 0 Å². The highest BCUT2D eigenvalue weighted by molar-refractivity contribution is 5.90. The van der Waals surface area contributed by atoms with Gasteiger partial charge in [0.15, 0.2) is 0 Å². The molecular formula is C14H18N4O. The molecule has 19 heavy (non-hydrogen) atoms. The Hall–Kier alpha value is -2.17. The van der Waals surface area contributed by atoms with Crippen LogP contribution in [0.15, 0.2) is 24.3 Å². The van der Waals surface area contributed by atoms with Crippen LogP contribution in [0.2, 0.25) is 0 Å². The van der Waals surface area contributed by atoms with Crippen molar-refractivity contribution < 1.29 is 4.79 Å². The van der Waals surface area contributed by atoms with Gasteiger partial charge in [0.05, 0.1) is 0 Å². The summed E-state index contributed by atoms with van der Waals surface area (Å²) in [5, 5.41) is 9.47. The van der Waals surface area contributed by atoms with E-state index in [0.29, 0.717) is 6.54 Å². The minimum atomic E-state index is -0.248. The van der Waals surface area contributed by atoms with Gasteiger partial charge in [-0.3, -0.25) is 9.89 Å². The van der Waals surface area contributed by atoms with Gasteiger partial charge in [0.25, 0.3) is 5.91 Å². The highest BCUT2D eigenvalue weighted by atomic mass is 16.2. The van der Waals surface area contributed by atoms with E-state index < -0.39 is 0 Å². The van der Waals surface area contributed by atoms with Gasteiger partial charge in [-0.1, -0.05) is 38.1 Å². The molecule has 0 fully saturated rings. The van der Waals surface area contributed by atoms with Crippen LogP contribution in [0.25, 0.3) is 0 Å². The minimum absolute atomic E-state index is 0.200. The van der Waals surface area contributed by atoms with E-state index in [9.17, 15) is 4.79 Å². The van der Waals surface area contributed by atoms with Gasteiger partial charge in [-0.05, 0) is 17.5 Å². The number of amides is 1. The molecule has 0 bridgehead atoms. The monoisotopic (exact) mass is 258 g/mol. The van der Waals surface area contributed by atoms with Gasteiger partial charge in [-0.2, -0.15) is 0 Å². The fourth-order valence-electron chi connectivity index (χ4n) is 1.88. The lowest BCUT2D eigenvalue weighted by Crippen LogP contribution is -2.24. The Morgan fingerprint density at radius 1 is 1.21 bits per heavy atom. The molecule has 0 saturated heterocycles. The largest absolute Gasteiger partial charge is 0.345 e. The maximum Gasteiger partial charge on any atom is 0.291 e. The maximum absolute atomic E-state index is 11.9. The Balaban J connectivity index is 2.00. The van der Waals surface area contributed by atoms with E-state index in [-0.39, 0.29) is 11.7 Å². The quantitative estimate of drug-likeness (QED) is 0.860. The lowest BCUT2D eigenvalue weighted by atomic mass is 10.1. The van der Waals surface area contributed by atoms with E-state index >= 15 is 0 Å². The van der Waals surface area contributed by atoms with Crippen molar-refractivity contribution in [3.05, 3.63) is 47.0 Å². The number of carbonyl (C=O) groups excluding carboxylic acids is 1. The van der Waals surface area contributed by atoms with E-state index in [1.807, 2.05) is 25.1 Å². The van der Waals surface area contributed by atoms with Crippen LogP contribution in [-0.2, 0) is 19.4 Å². The first kappa shape index (κ1) is 13.3. The number of rotatable bonds is 5. The lowest BCUT2D eigenvalue weighted by molar-refractivity contribution is 0.0941. The Morgan fingerprint density at radius 2 is 1.95 bits per heavy atom. The second-order valence-electron chi connectivity index (χ2n) is 4.26. The zero-order valence-electron chi connectivity index (χ0n) is 11.2. The van der Waals surface area contributed by atoms with E-state index in [4.69, 9.17) is 0 Å². The first-order valence-corrected chi connectivity index (χ1v) is 6.50. The molecule has 0 atom stereocenters. The SMILES string of the molecule is CCc1nc(C(=O)NCc2ccccc2CC)n[nH]1. The van der Waals surface area contributed by atoms with E-state index in [1.165, 1.54) is 5.56 Å². The molecular weight excluding hydrogens is 240 g/mol. The van der Waals surface area contributed by atoms with Crippen LogP contribution in [0.5, 0.6) is 0 Å². The molecule has 0 saturated carbocycles. The summed E-state index contributed by atoms with van der Waals surface area (Å²) in [4.78, 5) is 16.0. The van der Waals surface area contributed by atoms with E-state index in [0.717, 1.165) is 24.2 Å². The maximum atomic E-state index is 11.9. The van der Waals surface area contributed by atoms with Crippen LogP contribution in [0.4, 0.5) is 0 Å². The van der Waals surface area contributed by atoms with Gasteiger partial charge in [0, 0.05) is 13.0 Å². The molecule has 0 aliphatic carbocycles. The highest BCUT2D eigenvalue weighted by Gasteiger charge is 2.11. The topological polar surface area (TPSA) is 70.7 Å². The first-order chi connectivity index (χ1) is 9.24. The third-order valence-electron chi connectivity index (χ3n) is 3.01. The molecule has 1 aromatic carbocycles. The summed E-state index contributed by atoms with van der Waals surface area (Å²) in [6.07, 6.45) is 1.69. The number of hydrogen-bond acceptors (Lipinski definition) is 3. The number of nitrogens with zero attached hydrogens (tertiary/aromatic N) is 2. The normalized spacial score (nSPS) is 10.4. The van der Waals surface area contributed by atoms with Gasteiger partial charge in [-0.25, -0.2) is 4.98 Å². The summed E-state index contributed by atoms with van der Waals surface area (Å²) >= 11 is 0. The van der Waals surface area contributed by atoms with Crippen molar-refractivity contribution in [2.45, 2.75) is 33.2 Å². The fraction of sp³-hybridized carbons (Fsp3) is 0.357. The predicted octanol–water partition coefficient (Wildman–Crippen LogP) is 1.86. The van der Waals surface area contributed by atoms with Gasteiger partial charge in [-0.15, -0.1) is 5.10 Å². The molecule has 100 valence electrons. The Bertz CT molecular complexity index is 562. The third-order valence-corrected chi connectivity index (χ3v) is 3.01. The van der Waals surface area contributed by atoms with Crippen molar-refractivity contribution in [3.63, 3.8) is 0 Å². The average molecular weight is 258 g/mol. The number of carbonyl (C=O) groups is 1. The molecule has 1 heterocycles. The summed E-state index contributed by atoms with van der Waals surface area (Å²) in [5.41, 5.74) is 2.37. The summed E-state index contributed by atoms with van der Waals surface area (Å²) in [5.74, 6) is 0.673. The molecule has 0 aliphatic heterocycles. The second kappa shape index (κ2) is 6.13. The van der Waals surface area contributed by atoms with Gasteiger partial charge >= 0.3 is 0 Å². The molecule has 5 heteroatoms. The van der Waals surface area contributed by atoms with Crippen LogP contribution in [0, 0.1) is 0 Å². The molecule has 2 N–H and O–H groups in total. The molecule has 2 aromatic rings. The van der Waals surface area contributed by atoms with Crippen LogP contribution >= 0.6 is 0 Å². The summed E-state index contributed by atoms with van der Waals surface area (Å²) in [6, 6.07) is 8.08. The summed E-state index contributed by atoms with van der Waals surface area (Å²) < 4.78 is 0. The highest BCUT2D eigenvalue weighted by Crippen LogP contribution is 2.09. The van der Waals surface area contributed by atoms with Gasteiger partial charge in [0.2, 0.25) is 5.82 Å². The van der Waals surface area contributed by atoms with Crippen molar-refractivity contribution in [2.24, 2.45) is 0 Å². The van der Waals surface area contributed by atoms with Crippen molar-refractivity contribution in [1.82, 2.24) is 20.5 Å². The molecule has 5 nitrogen and oxygen atoms in total. The summed E-state index contributed by atoms with van der Waals surface area (Å²) in [6.45, 7) is 4.56. The number of H-pyrrole nitrogens is 1. The standard InChI is InChI=1S/C14H18N4O/c1-3-10-7-5-6-8-11(10)9-15-14(19)13-16-12(4-2)17-18-13/h5-8H,3-4,9H2,1-2H3,(H,15,19)(H,16,17,18). The molecule has 0 spiro atoms. The number of aromatic nitrogens is 3. The average Bonchev–Trinajstić information content (AvgIpc) is 2.94. The smallest absolute Gasteiger partial charge is 0.291 e. The summed E-state index contributed by atoms with van der Waals surface area (Å²) in [7, 11) is 0. The van der Waals surface area contributed by atoms with Crippen molar-refractivity contribution in [2.75, 3.05) is 0 Å². The van der Waals surface area contributed by atoms with Crippen LogP contribution in [0.3, 0.4) is 0 Å². The molecule has 1 aromatic heterocycles. The van der Waals surface area contributed by atoms with Crippen LogP contribution < -0.4 is 5.32 Å². The fourth-order valence-corrected chi connectivity index (χ4v) is 1.88. The van der Waals surface area contributed by atoms with Crippen LogP contribution in [0.1, 0.15) is 41.4 Å². The molecule has 1 amide bonds. The zero-order chi connectivity index (χ0) is 13.7. The van der Waals surface area contributed by atoms with E-state index in [2.05, 4.69) is 33.5 Å². The first-order valence-electron chi connectivity index (χ1n) is 6.50. The lowest BCUT2D eigenvalue weighted by Gasteiger charge is -2.07. The molecule has 0 radical (unpaired) electrons. The van der Waals surface area contributed by atoms with Crippen molar-refractivity contribution in [1.29, 1.82) is 0 Å². The molecule has 0 aliphatic rings. The minimum Gasteiger partial charge on any atom is -0.345 e. The number of aromatic amines is 1. The second-order valence-corrected chi connectivity index (χ2v) is 4.26. The third kappa shape index (κ3) is 3.19. The number of aryl methyl sites for hydroxylation is 2. The molecule has 0 unspecified atom stereocenters. The van der Waals surface area contributed by atoms with Gasteiger partial charge < -0.3 is 5.32 Å². The zero-order valence-corrected chi connectivity index (χ0v) is 11.2. The number of hydrogen-bond donors (Lipinski definition) is 2. The Kier molecular flexibility index (Phi) is 4.28. The number of nitrogens with one attached hydrogen (secondary N) is 2. The van der Waals surface area contributed by atoms with Crippen LogP contribution in [-0.4, -0.2) is 21.1 Å². The number of benzene rings is 1. The molecule has 2 rings (SSSR count). The Morgan fingerprint density at radius 3 is 2.58 bits per heavy atom. The Labute approximate surface area is 112 Å². The van der Waals surface area contributed by atoms with Crippen molar-refractivity contribution >= 4 is 5.91 Å². The van der Waals surface area contributed by atoms with E-state index in [1.54, 1.807) is 0 Å². The predicted molar refractivity (Wildman–Crippen MR) is 72.8 cm³/mol. The van der Waals surface area contributed by atoms with Gasteiger partial charge in [0.1, 0.15) is 5.82 Å².